The topological polar surface area (TPSA) is 29.9 Å². The van der Waals surface area contributed by atoms with Gasteiger partial charge in [-0.3, -0.25) is 4.68 Å². The number of aryl methyl sites for hydroxylation is 1. The summed E-state index contributed by atoms with van der Waals surface area (Å²) in [5.74, 6) is 0. The van der Waals surface area contributed by atoms with E-state index < -0.39 is 0 Å². The molecule has 0 bridgehead atoms. The Labute approximate surface area is 92.3 Å². The molecule has 0 fully saturated rings. The molecule has 3 nitrogen and oxygen atoms in total. The summed E-state index contributed by atoms with van der Waals surface area (Å²) < 4.78 is 2.00. The standard InChI is InChI=1S/C10H19N3.ClH/c1-3-5-11-7-10-8-12-13(9-10)6-4-2;/h8-9,11H,3-7H2,1-2H3;1H. The second kappa shape index (κ2) is 7.83. The molecule has 1 heterocycles. The van der Waals surface area contributed by atoms with Gasteiger partial charge in [-0.15, -0.1) is 12.4 Å². The van der Waals surface area contributed by atoms with Gasteiger partial charge in [-0.25, -0.2) is 0 Å². The fraction of sp³-hybridized carbons (Fsp3) is 0.700. The predicted molar refractivity (Wildman–Crippen MR) is 61.8 cm³/mol. The van der Waals surface area contributed by atoms with Crippen LogP contribution in [0.1, 0.15) is 32.3 Å². The van der Waals surface area contributed by atoms with Crippen molar-refractivity contribution >= 4 is 12.4 Å². The van der Waals surface area contributed by atoms with Gasteiger partial charge in [-0.1, -0.05) is 13.8 Å². The van der Waals surface area contributed by atoms with Gasteiger partial charge >= 0.3 is 0 Å². The molecule has 0 unspecified atom stereocenters. The van der Waals surface area contributed by atoms with Crippen LogP contribution in [0.5, 0.6) is 0 Å². The summed E-state index contributed by atoms with van der Waals surface area (Å²) >= 11 is 0. The minimum absolute atomic E-state index is 0. The van der Waals surface area contributed by atoms with Crippen LogP contribution in [0.15, 0.2) is 12.4 Å². The summed E-state index contributed by atoms with van der Waals surface area (Å²) in [4.78, 5) is 0. The Kier molecular flexibility index (Phi) is 7.52. The third-order valence-electron chi connectivity index (χ3n) is 1.90. The van der Waals surface area contributed by atoms with Crippen molar-refractivity contribution in [3.05, 3.63) is 18.0 Å². The third kappa shape index (κ3) is 4.63. The Morgan fingerprint density at radius 2 is 2.14 bits per heavy atom. The highest BCUT2D eigenvalue weighted by atomic mass is 35.5. The maximum atomic E-state index is 4.26. The van der Waals surface area contributed by atoms with E-state index >= 15 is 0 Å². The number of nitrogens with one attached hydrogen (secondary N) is 1. The molecule has 0 amide bonds. The third-order valence-corrected chi connectivity index (χ3v) is 1.90. The van der Waals surface area contributed by atoms with Gasteiger partial charge in [0, 0.05) is 24.8 Å². The van der Waals surface area contributed by atoms with Crippen LogP contribution in [0.3, 0.4) is 0 Å². The van der Waals surface area contributed by atoms with Crippen molar-refractivity contribution in [2.45, 2.75) is 39.8 Å². The highest BCUT2D eigenvalue weighted by molar-refractivity contribution is 5.85. The van der Waals surface area contributed by atoms with E-state index in [2.05, 4.69) is 30.5 Å². The zero-order valence-electron chi connectivity index (χ0n) is 8.99. The Hall–Kier alpha value is -0.540. The van der Waals surface area contributed by atoms with Gasteiger partial charge in [0.15, 0.2) is 0 Å². The summed E-state index contributed by atoms with van der Waals surface area (Å²) in [5.41, 5.74) is 1.28. The van der Waals surface area contributed by atoms with Crippen molar-refractivity contribution in [1.82, 2.24) is 15.1 Å². The van der Waals surface area contributed by atoms with Crippen LogP contribution < -0.4 is 5.32 Å². The molecule has 14 heavy (non-hydrogen) atoms. The lowest BCUT2D eigenvalue weighted by molar-refractivity contribution is 0.601. The Balaban J connectivity index is 0.00000169. The minimum Gasteiger partial charge on any atom is -0.313 e. The summed E-state index contributed by atoms with van der Waals surface area (Å²) in [7, 11) is 0. The number of hydrogen-bond donors (Lipinski definition) is 1. The van der Waals surface area contributed by atoms with E-state index in [4.69, 9.17) is 0 Å². The van der Waals surface area contributed by atoms with Crippen LogP contribution >= 0.6 is 12.4 Å². The largest absolute Gasteiger partial charge is 0.313 e. The fourth-order valence-electron chi connectivity index (χ4n) is 1.26. The maximum absolute atomic E-state index is 4.26. The van der Waals surface area contributed by atoms with Crippen LogP contribution in [-0.2, 0) is 13.1 Å². The van der Waals surface area contributed by atoms with Gasteiger partial charge in [0.05, 0.1) is 6.20 Å². The molecule has 0 aliphatic heterocycles. The average Bonchev–Trinajstić information content (AvgIpc) is 2.54. The molecule has 0 atom stereocenters. The smallest absolute Gasteiger partial charge is 0.0534 e. The molecule has 0 aromatic carbocycles. The van der Waals surface area contributed by atoms with Gasteiger partial charge < -0.3 is 5.32 Å². The summed E-state index contributed by atoms with van der Waals surface area (Å²) in [6.07, 6.45) is 6.39. The van der Waals surface area contributed by atoms with Crippen LogP contribution in [-0.4, -0.2) is 16.3 Å². The molecule has 82 valence electrons. The lowest BCUT2D eigenvalue weighted by Crippen LogP contribution is -2.13. The summed E-state index contributed by atoms with van der Waals surface area (Å²) in [6, 6.07) is 0. The first-order chi connectivity index (χ1) is 6.36. The molecule has 0 spiro atoms. The van der Waals surface area contributed by atoms with E-state index in [1.807, 2.05) is 10.9 Å². The zero-order valence-corrected chi connectivity index (χ0v) is 9.81. The highest BCUT2D eigenvalue weighted by Crippen LogP contribution is 1.97. The van der Waals surface area contributed by atoms with E-state index in [-0.39, 0.29) is 12.4 Å². The Bertz CT molecular complexity index is 235. The molecule has 4 heteroatoms. The molecule has 0 saturated heterocycles. The number of nitrogens with zero attached hydrogens (tertiary/aromatic N) is 2. The van der Waals surface area contributed by atoms with Crippen molar-refractivity contribution < 1.29 is 0 Å². The van der Waals surface area contributed by atoms with Crippen LogP contribution in [0.4, 0.5) is 0 Å². The van der Waals surface area contributed by atoms with E-state index in [1.54, 1.807) is 0 Å². The van der Waals surface area contributed by atoms with Crippen LogP contribution in [0, 0.1) is 0 Å². The lowest BCUT2D eigenvalue weighted by atomic mass is 10.3. The number of halogens is 1. The predicted octanol–water partition coefficient (Wildman–Crippen LogP) is 2.21. The highest BCUT2D eigenvalue weighted by Gasteiger charge is 1.96. The maximum Gasteiger partial charge on any atom is 0.0534 e. The molecule has 0 aliphatic carbocycles. The minimum atomic E-state index is 0. The first-order valence-electron chi connectivity index (χ1n) is 5.08. The summed E-state index contributed by atoms with van der Waals surface area (Å²) in [5, 5.41) is 7.61. The molecule has 0 saturated carbocycles. The molecule has 1 aromatic rings. The molecular weight excluding hydrogens is 198 g/mol. The van der Waals surface area contributed by atoms with Gasteiger partial charge in [0.1, 0.15) is 0 Å². The molecule has 1 N–H and O–H groups in total. The number of aromatic nitrogens is 2. The van der Waals surface area contributed by atoms with E-state index in [0.29, 0.717) is 0 Å². The van der Waals surface area contributed by atoms with E-state index in [1.165, 1.54) is 12.0 Å². The van der Waals surface area contributed by atoms with Gasteiger partial charge in [0.2, 0.25) is 0 Å². The zero-order chi connectivity index (χ0) is 9.52. The van der Waals surface area contributed by atoms with Crippen molar-refractivity contribution in [2.24, 2.45) is 0 Å². The average molecular weight is 218 g/mol. The van der Waals surface area contributed by atoms with E-state index in [9.17, 15) is 0 Å². The van der Waals surface area contributed by atoms with Crippen LogP contribution in [0.25, 0.3) is 0 Å². The second-order valence-corrected chi connectivity index (χ2v) is 3.29. The number of rotatable bonds is 6. The second-order valence-electron chi connectivity index (χ2n) is 3.29. The lowest BCUT2D eigenvalue weighted by Gasteiger charge is -1.98. The SMILES string of the molecule is CCCNCc1cnn(CCC)c1.Cl. The molecule has 0 radical (unpaired) electrons. The Morgan fingerprint density at radius 1 is 1.36 bits per heavy atom. The quantitative estimate of drug-likeness (QED) is 0.741. The van der Waals surface area contributed by atoms with Gasteiger partial charge in [-0.2, -0.15) is 5.10 Å². The Morgan fingerprint density at radius 3 is 2.79 bits per heavy atom. The fourth-order valence-corrected chi connectivity index (χ4v) is 1.26. The van der Waals surface area contributed by atoms with Crippen LogP contribution in [0.2, 0.25) is 0 Å². The summed E-state index contributed by atoms with van der Waals surface area (Å²) in [6.45, 7) is 7.38. The van der Waals surface area contributed by atoms with Crippen molar-refractivity contribution in [2.75, 3.05) is 6.54 Å². The number of hydrogen-bond acceptors (Lipinski definition) is 2. The molecule has 1 aromatic heterocycles. The van der Waals surface area contributed by atoms with Crippen molar-refractivity contribution in [1.29, 1.82) is 0 Å². The first kappa shape index (κ1) is 13.5. The van der Waals surface area contributed by atoms with Gasteiger partial charge in [0.25, 0.3) is 0 Å². The van der Waals surface area contributed by atoms with Gasteiger partial charge in [-0.05, 0) is 19.4 Å². The normalized spacial score (nSPS) is 9.86. The first-order valence-corrected chi connectivity index (χ1v) is 5.08. The molecule has 0 aliphatic rings. The van der Waals surface area contributed by atoms with E-state index in [0.717, 1.165) is 26.1 Å². The molecule has 1 rings (SSSR count). The molecular formula is C10H20ClN3. The van der Waals surface area contributed by atoms with Crippen molar-refractivity contribution in [3.63, 3.8) is 0 Å². The van der Waals surface area contributed by atoms with Crippen molar-refractivity contribution in [3.8, 4) is 0 Å². The monoisotopic (exact) mass is 217 g/mol.